The lowest BCUT2D eigenvalue weighted by atomic mass is 10.2. The summed E-state index contributed by atoms with van der Waals surface area (Å²) in [5.74, 6) is 2.97. The number of benzene rings is 1. The Balaban J connectivity index is 1.78. The minimum absolute atomic E-state index is 0.594. The Morgan fingerprint density at radius 2 is 1.86 bits per heavy atom. The summed E-state index contributed by atoms with van der Waals surface area (Å²) in [6.45, 7) is 1.22. The number of hydrogen-bond acceptors (Lipinski definition) is 7. The maximum atomic E-state index is 5.49. The zero-order valence-electron chi connectivity index (χ0n) is 16.6. The van der Waals surface area contributed by atoms with Gasteiger partial charge in [0.15, 0.2) is 17.3 Å². The fourth-order valence-corrected chi connectivity index (χ4v) is 2.85. The molecule has 7 heteroatoms. The van der Waals surface area contributed by atoms with Crippen molar-refractivity contribution in [2.75, 3.05) is 33.2 Å². The number of para-hydroxylation sites is 1. The Morgan fingerprint density at radius 1 is 1.00 bits per heavy atom. The summed E-state index contributed by atoms with van der Waals surface area (Å²) in [4.78, 5) is 15.5. The lowest BCUT2D eigenvalue weighted by Crippen LogP contribution is -2.17. The predicted molar refractivity (Wildman–Crippen MR) is 110 cm³/mol. The normalized spacial score (nSPS) is 10.6. The molecule has 0 aliphatic rings. The number of nitrogens with zero attached hydrogens (tertiary/aromatic N) is 4. The molecule has 0 bridgehead atoms. The van der Waals surface area contributed by atoms with E-state index < -0.39 is 0 Å². The van der Waals surface area contributed by atoms with Crippen LogP contribution in [0.5, 0.6) is 11.5 Å². The number of rotatable bonds is 8. The van der Waals surface area contributed by atoms with E-state index in [1.54, 1.807) is 26.6 Å². The molecule has 146 valence electrons. The van der Waals surface area contributed by atoms with Gasteiger partial charge in [-0.05, 0) is 18.2 Å². The molecule has 0 radical (unpaired) electrons. The van der Waals surface area contributed by atoms with Crippen molar-refractivity contribution in [3.05, 3.63) is 60.0 Å². The molecule has 28 heavy (non-hydrogen) atoms. The van der Waals surface area contributed by atoms with E-state index in [1.165, 1.54) is 0 Å². The molecule has 2 heterocycles. The number of ether oxygens (including phenoxy) is 2. The fraction of sp³-hybridized carbons (Fsp3) is 0.286. The van der Waals surface area contributed by atoms with Crippen LogP contribution in [0.25, 0.3) is 11.4 Å². The Morgan fingerprint density at radius 3 is 2.54 bits per heavy atom. The van der Waals surface area contributed by atoms with E-state index in [0.29, 0.717) is 18.9 Å². The van der Waals surface area contributed by atoms with Gasteiger partial charge in [-0.3, -0.25) is 4.98 Å². The van der Waals surface area contributed by atoms with Crippen molar-refractivity contribution in [3.63, 3.8) is 0 Å². The van der Waals surface area contributed by atoms with Crippen molar-refractivity contribution in [3.8, 4) is 22.9 Å². The van der Waals surface area contributed by atoms with Crippen LogP contribution in [0.1, 0.15) is 11.3 Å². The fourth-order valence-electron chi connectivity index (χ4n) is 2.85. The van der Waals surface area contributed by atoms with Gasteiger partial charge in [0.05, 0.1) is 19.9 Å². The molecule has 1 aromatic carbocycles. The van der Waals surface area contributed by atoms with E-state index in [2.05, 4.69) is 15.3 Å². The Hall–Kier alpha value is -3.19. The summed E-state index contributed by atoms with van der Waals surface area (Å²) >= 11 is 0. The van der Waals surface area contributed by atoms with Crippen molar-refractivity contribution in [2.45, 2.75) is 13.1 Å². The Bertz CT molecular complexity index is 916. The maximum Gasteiger partial charge on any atom is 0.165 e. The second kappa shape index (κ2) is 9.14. The van der Waals surface area contributed by atoms with Crippen LogP contribution < -0.4 is 19.7 Å². The summed E-state index contributed by atoms with van der Waals surface area (Å²) in [7, 11) is 7.22. The van der Waals surface area contributed by atoms with Crippen LogP contribution in [0.15, 0.2) is 48.8 Å². The first-order valence-corrected chi connectivity index (χ1v) is 8.98. The van der Waals surface area contributed by atoms with Gasteiger partial charge >= 0.3 is 0 Å². The van der Waals surface area contributed by atoms with Gasteiger partial charge in [-0.2, -0.15) is 0 Å². The molecule has 0 fully saturated rings. The number of pyridine rings is 1. The Kier molecular flexibility index (Phi) is 6.39. The third-order valence-corrected chi connectivity index (χ3v) is 4.25. The third-order valence-electron chi connectivity index (χ3n) is 4.25. The van der Waals surface area contributed by atoms with E-state index in [-0.39, 0.29) is 0 Å². The van der Waals surface area contributed by atoms with Crippen molar-refractivity contribution in [1.82, 2.24) is 20.3 Å². The standard InChI is InChI=1S/C21H25N5O2/c1-26(2)19-11-17(24-21(25-19)16-8-6-10-22-13-16)14-23-12-15-7-5-9-18(27-3)20(15)28-4/h5-11,13,23H,12,14H2,1-4H3. The maximum absolute atomic E-state index is 5.49. The molecule has 7 nitrogen and oxygen atoms in total. The summed E-state index contributed by atoms with van der Waals surface area (Å²) in [5.41, 5.74) is 2.82. The quantitative estimate of drug-likeness (QED) is 0.645. The second-order valence-corrected chi connectivity index (χ2v) is 6.43. The number of anilines is 1. The summed E-state index contributed by atoms with van der Waals surface area (Å²) in [6.07, 6.45) is 3.51. The molecule has 0 saturated carbocycles. The summed E-state index contributed by atoms with van der Waals surface area (Å²) in [5, 5.41) is 3.43. The average molecular weight is 379 g/mol. The smallest absolute Gasteiger partial charge is 0.165 e. The van der Waals surface area contributed by atoms with Gasteiger partial charge in [-0.1, -0.05) is 12.1 Å². The first kappa shape index (κ1) is 19.6. The second-order valence-electron chi connectivity index (χ2n) is 6.43. The van der Waals surface area contributed by atoms with E-state index in [0.717, 1.165) is 34.1 Å². The minimum Gasteiger partial charge on any atom is -0.493 e. The highest BCUT2D eigenvalue weighted by Gasteiger charge is 2.11. The zero-order valence-corrected chi connectivity index (χ0v) is 16.6. The van der Waals surface area contributed by atoms with E-state index >= 15 is 0 Å². The number of nitrogens with one attached hydrogen (secondary N) is 1. The number of methoxy groups -OCH3 is 2. The molecule has 3 aromatic rings. The monoisotopic (exact) mass is 379 g/mol. The van der Waals surface area contributed by atoms with Gasteiger partial charge in [0.1, 0.15) is 5.82 Å². The van der Waals surface area contributed by atoms with Gasteiger partial charge < -0.3 is 19.7 Å². The highest BCUT2D eigenvalue weighted by Crippen LogP contribution is 2.30. The molecule has 1 N–H and O–H groups in total. The first-order valence-electron chi connectivity index (χ1n) is 8.98. The molecule has 2 aromatic heterocycles. The van der Waals surface area contributed by atoms with Gasteiger partial charge in [0.25, 0.3) is 0 Å². The van der Waals surface area contributed by atoms with Crippen molar-refractivity contribution >= 4 is 5.82 Å². The van der Waals surface area contributed by atoms with Crippen LogP contribution in [0.4, 0.5) is 5.82 Å². The van der Waals surface area contributed by atoms with Crippen molar-refractivity contribution < 1.29 is 9.47 Å². The van der Waals surface area contributed by atoms with Gasteiger partial charge in [-0.15, -0.1) is 0 Å². The van der Waals surface area contributed by atoms with Crippen LogP contribution in [0.3, 0.4) is 0 Å². The Labute approximate surface area is 165 Å². The highest BCUT2D eigenvalue weighted by atomic mass is 16.5. The predicted octanol–water partition coefficient (Wildman–Crippen LogP) is 2.91. The third kappa shape index (κ3) is 4.55. The van der Waals surface area contributed by atoms with E-state index in [1.807, 2.05) is 55.4 Å². The van der Waals surface area contributed by atoms with Crippen LogP contribution in [-0.4, -0.2) is 43.3 Å². The van der Waals surface area contributed by atoms with E-state index in [9.17, 15) is 0 Å². The lowest BCUT2D eigenvalue weighted by molar-refractivity contribution is 0.350. The average Bonchev–Trinajstić information content (AvgIpc) is 2.73. The van der Waals surface area contributed by atoms with Gasteiger partial charge in [-0.25, -0.2) is 9.97 Å². The molecule has 0 amide bonds. The van der Waals surface area contributed by atoms with Crippen LogP contribution >= 0.6 is 0 Å². The van der Waals surface area contributed by atoms with Crippen LogP contribution in [0.2, 0.25) is 0 Å². The summed E-state index contributed by atoms with van der Waals surface area (Å²) in [6, 6.07) is 11.7. The van der Waals surface area contributed by atoms with E-state index in [4.69, 9.17) is 14.5 Å². The molecule has 0 unspecified atom stereocenters. The van der Waals surface area contributed by atoms with Crippen molar-refractivity contribution in [2.24, 2.45) is 0 Å². The minimum atomic E-state index is 0.594. The largest absolute Gasteiger partial charge is 0.493 e. The first-order chi connectivity index (χ1) is 13.6. The molecule has 0 aliphatic carbocycles. The van der Waals surface area contributed by atoms with Gasteiger partial charge in [0.2, 0.25) is 0 Å². The number of aromatic nitrogens is 3. The molecule has 0 saturated heterocycles. The lowest BCUT2D eigenvalue weighted by Gasteiger charge is -2.15. The van der Waals surface area contributed by atoms with Crippen molar-refractivity contribution in [1.29, 1.82) is 0 Å². The summed E-state index contributed by atoms with van der Waals surface area (Å²) < 4.78 is 10.9. The zero-order chi connectivity index (χ0) is 19.9. The molecule has 0 spiro atoms. The topological polar surface area (TPSA) is 72.4 Å². The molecule has 0 atom stereocenters. The molecular formula is C21H25N5O2. The van der Waals surface area contributed by atoms with Crippen LogP contribution in [0, 0.1) is 0 Å². The molecular weight excluding hydrogens is 354 g/mol. The van der Waals surface area contributed by atoms with Gasteiger partial charge in [0, 0.05) is 56.8 Å². The highest BCUT2D eigenvalue weighted by molar-refractivity contribution is 5.56. The number of hydrogen-bond donors (Lipinski definition) is 1. The molecule has 3 rings (SSSR count). The van der Waals surface area contributed by atoms with Crippen LogP contribution in [-0.2, 0) is 13.1 Å². The molecule has 0 aliphatic heterocycles. The SMILES string of the molecule is COc1cccc(CNCc2cc(N(C)C)nc(-c3cccnc3)n2)c1OC.